The Morgan fingerprint density at radius 3 is 2.70 bits per heavy atom. The van der Waals surface area contributed by atoms with E-state index in [0.29, 0.717) is 23.2 Å². The molecule has 2 atom stereocenters. The van der Waals surface area contributed by atoms with Crippen molar-refractivity contribution in [3.05, 3.63) is 42.5 Å². The van der Waals surface area contributed by atoms with E-state index in [-0.39, 0.29) is 5.91 Å². The Kier molecular flexibility index (Phi) is 6.73. The highest BCUT2D eigenvalue weighted by atomic mass is 32.2. The Hall–Kier alpha value is -2.33. The van der Waals surface area contributed by atoms with Crippen LogP contribution in [0, 0.1) is 0 Å². The number of aromatic nitrogens is 1. The van der Waals surface area contributed by atoms with E-state index in [1.807, 2.05) is 37.3 Å². The van der Waals surface area contributed by atoms with Gasteiger partial charge in [-0.3, -0.25) is 14.6 Å². The fourth-order valence-electron chi connectivity index (χ4n) is 4.05. The standard InChI is InChI=1S/C24H27N3O4S2/c1-16-22(31-20-6-4-3-5-19(20)30-16)23(28)27(10-9-26-11-13-29-14-12-26)24-25-18-8-7-17(32-2)15-21(18)33-24/h3-8,15-16,22H,9-14H2,1-2H3. The van der Waals surface area contributed by atoms with E-state index >= 15 is 0 Å². The van der Waals surface area contributed by atoms with Crippen LogP contribution >= 0.6 is 23.1 Å². The van der Waals surface area contributed by atoms with Crippen LogP contribution in [0.4, 0.5) is 5.13 Å². The molecule has 0 radical (unpaired) electrons. The Morgan fingerprint density at radius 1 is 1.18 bits per heavy atom. The van der Waals surface area contributed by atoms with Gasteiger partial charge in [-0.2, -0.15) is 0 Å². The topological polar surface area (TPSA) is 64.1 Å². The van der Waals surface area contributed by atoms with Gasteiger partial charge in [0.2, 0.25) is 6.10 Å². The Balaban J connectivity index is 1.43. The Labute approximate surface area is 201 Å². The number of fused-ring (bicyclic) bond motifs is 2. The number of hydrogen-bond donors (Lipinski definition) is 0. The zero-order valence-corrected chi connectivity index (χ0v) is 20.4. The first-order valence-corrected chi connectivity index (χ1v) is 13.1. The van der Waals surface area contributed by atoms with Gasteiger partial charge in [0.25, 0.3) is 5.91 Å². The molecule has 0 aliphatic carbocycles. The van der Waals surface area contributed by atoms with Gasteiger partial charge in [0.05, 0.1) is 23.4 Å². The number of thiazole rings is 1. The van der Waals surface area contributed by atoms with Crippen molar-refractivity contribution < 1.29 is 19.0 Å². The van der Waals surface area contributed by atoms with Crippen molar-refractivity contribution in [2.75, 3.05) is 50.5 Å². The number of morpholine rings is 1. The molecule has 1 aromatic heterocycles. The van der Waals surface area contributed by atoms with Gasteiger partial charge < -0.3 is 14.2 Å². The van der Waals surface area contributed by atoms with Crippen LogP contribution in [0.3, 0.4) is 0 Å². The smallest absolute Gasteiger partial charge is 0.273 e. The molecule has 2 aliphatic heterocycles. The van der Waals surface area contributed by atoms with Crippen molar-refractivity contribution in [1.29, 1.82) is 0 Å². The van der Waals surface area contributed by atoms with Crippen molar-refractivity contribution in [2.45, 2.75) is 24.0 Å². The van der Waals surface area contributed by atoms with Crippen LogP contribution in [0.1, 0.15) is 6.92 Å². The summed E-state index contributed by atoms with van der Waals surface area (Å²) in [6.45, 7) is 6.33. The summed E-state index contributed by atoms with van der Waals surface area (Å²) in [5, 5.41) is 0.691. The van der Waals surface area contributed by atoms with Gasteiger partial charge in [0, 0.05) is 31.1 Å². The quantitative estimate of drug-likeness (QED) is 0.491. The summed E-state index contributed by atoms with van der Waals surface area (Å²) in [5.74, 6) is 1.13. The number of thioether (sulfide) groups is 1. The maximum Gasteiger partial charge on any atom is 0.273 e. The first-order valence-electron chi connectivity index (χ1n) is 11.1. The summed E-state index contributed by atoms with van der Waals surface area (Å²) in [7, 11) is 0. The van der Waals surface area contributed by atoms with Crippen molar-refractivity contribution in [1.82, 2.24) is 9.88 Å². The normalized spacial score (nSPS) is 20.7. The highest BCUT2D eigenvalue weighted by molar-refractivity contribution is 7.98. The average molecular weight is 486 g/mol. The van der Waals surface area contributed by atoms with E-state index in [9.17, 15) is 4.79 Å². The van der Waals surface area contributed by atoms with Crippen molar-refractivity contribution >= 4 is 44.4 Å². The number of carbonyl (C=O) groups excluding carboxylic acids is 1. The number of ether oxygens (including phenoxy) is 3. The summed E-state index contributed by atoms with van der Waals surface area (Å²) < 4.78 is 18.7. The minimum atomic E-state index is -0.738. The molecule has 5 rings (SSSR count). The zero-order valence-electron chi connectivity index (χ0n) is 18.7. The van der Waals surface area contributed by atoms with Gasteiger partial charge in [-0.15, -0.1) is 11.8 Å². The Bertz CT molecular complexity index is 1130. The molecular weight excluding hydrogens is 458 g/mol. The number of hydrogen-bond acceptors (Lipinski definition) is 8. The first-order chi connectivity index (χ1) is 16.1. The third-order valence-corrected chi connectivity index (χ3v) is 7.68. The number of carbonyl (C=O) groups is 1. The molecule has 3 aromatic rings. The Morgan fingerprint density at radius 2 is 1.94 bits per heavy atom. The molecule has 174 valence electrons. The maximum atomic E-state index is 13.8. The number of amides is 1. The van der Waals surface area contributed by atoms with Gasteiger partial charge in [0.15, 0.2) is 16.6 Å². The number of para-hydroxylation sites is 2. The van der Waals surface area contributed by atoms with E-state index in [4.69, 9.17) is 19.2 Å². The van der Waals surface area contributed by atoms with Crippen LogP contribution in [-0.2, 0) is 9.53 Å². The zero-order chi connectivity index (χ0) is 22.8. The second-order valence-corrected chi connectivity index (χ2v) is 9.97. The minimum absolute atomic E-state index is 0.130. The molecule has 7 nitrogen and oxygen atoms in total. The first kappa shape index (κ1) is 22.5. The fourth-order valence-corrected chi connectivity index (χ4v) is 5.60. The number of anilines is 1. The average Bonchev–Trinajstić information content (AvgIpc) is 3.27. The fraction of sp³-hybridized carbons (Fsp3) is 0.417. The van der Waals surface area contributed by atoms with Gasteiger partial charge >= 0.3 is 0 Å². The number of nitrogens with zero attached hydrogens (tertiary/aromatic N) is 3. The molecule has 9 heteroatoms. The summed E-state index contributed by atoms with van der Waals surface area (Å²) in [6, 6.07) is 13.7. The minimum Gasteiger partial charge on any atom is -0.482 e. The predicted molar refractivity (Wildman–Crippen MR) is 132 cm³/mol. The summed E-state index contributed by atoms with van der Waals surface area (Å²) in [4.78, 5) is 23.9. The molecule has 2 aromatic carbocycles. The molecular formula is C24H27N3O4S2. The third kappa shape index (κ3) is 4.82. The van der Waals surface area contributed by atoms with E-state index in [0.717, 1.165) is 43.1 Å². The van der Waals surface area contributed by atoms with Crippen LogP contribution in [0.2, 0.25) is 0 Å². The lowest BCUT2D eigenvalue weighted by Crippen LogP contribution is -2.52. The second-order valence-electron chi connectivity index (χ2n) is 8.08. The van der Waals surface area contributed by atoms with Gasteiger partial charge in [-0.05, 0) is 43.5 Å². The van der Waals surface area contributed by atoms with Crippen LogP contribution < -0.4 is 14.4 Å². The summed E-state index contributed by atoms with van der Waals surface area (Å²) >= 11 is 3.24. The molecule has 33 heavy (non-hydrogen) atoms. The monoisotopic (exact) mass is 485 g/mol. The SMILES string of the molecule is CSc1ccc2nc(N(CCN3CCOCC3)C(=O)C3Oc4ccccc4OC3C)sc2c1. The van der Waals surface area contributed by atoms with Crippen molar-refractivity contribution in [3.63, 3.8) is 0 Å². The van der Waals surface area contributed by atoms with Gasteiger partial charge in [-0.25, -0.2) is 4.98 Å². The largest absolute Gasteiger partial charge is 0.482 e. The van der Waals surface area contributed by atoms with Gasteiger partial charge in [-0.1, -0.05) is 23.5 Å². The molecule has 2 unspecified atom stereocenters. The molecule has 3 heterocycles. The molecule has 0 saturated carbocycles. The van der Waals surface area contributed by atoms with Crippen LogP contribution in [0.25, 0.3) is 10.2 Å². The lowest BCUT2D eigenvalue weighted by atomic mass is 10.1. The molecule has 0 bridgehead atoms. The molecule has 1 saturated heterocycles. The highest BCUT2D eigenvalue weighted by Gasteiger charge is 2.38. The molecule has 1 fully saturated rings. The van der Waals surface area contributed by atoms with Crippen LogP contribution in [0.5, 0.6) is 11.5 Å². The third-order valence-electron chi connectivity index (χ3n) is 5.91. The summed E-state index contributed by atoms with van der Waals surface area (Å²) in [5.41, 5.74) is 0.899. The van der Waals surface area contributed by atoms with E-state index in [1.54, 1.807) is 28.0 Å². The van der Waals surface area contributed by atoms with E-state index in [1.165, 1.54) is 4.90 Å². The summed E-state index contributed by atoms with van der Waals surface area (Å²) in [6.07, 6.45) is 0.912. The van der Waals surface area contributed by atoms with Crippen LogP contribution in [0.15, 0.2) is 47.4 Å². The van der Waals surface area contributed by atoms with E-state index < -0.39 is 12.2 Å². The van der Waals surface area contributed by atoms with Crippen molar-refractivity contribution in [3.8, 4) is 11.5 Å². The lowest BCUT2D eigenvalue weighted by Gasteiger charge is -2.34. The van der Waals surface area contributed by atoms with Gasteiger partial charge in [0.1, 0.15) is 6.10 Å². The van der Waals surface area contributed by atoms with Crippen molar-refractivity contribution in [2.24, 2.45) is 0 Å². The number of benzene rings is 2. The molecule has 1 amide bonds. The number of rotatable bonds is 6. The molecule has 2 aliphatic rings. The molecule has 0 spiro atoms. The second kappa shape index (κ2) is 9.89. The maximum absolute atomic E-state index is 13.8. The van der Waals surface area contributed by atoms with E-state index in [2.05, 4.69) is 23.3 Å². The molecule has 0 N–H and O–H groups in total. The lowest BCUT2D eigenvalue weighted by molar-refractivity contribution is -0.130. The predicted octanol–water partition coefficient (Wildman–Crippen LogP) is 3.91. The highest BCUT2D eigenvalue weighted by Crippen LogP contribution is 2.36. The van der Waals surface area contributed by atoms with Crippen LogP contribution in [-0.4, -0.2) is 73.6 Å².